The molecule has 0 unspecified atom stereocenters. The predicted molar refractivity (Wildman–Crippen MR) is 66.1 cm³/mol. The Morgan fingerprint density at radius 1 is 1.35 bits per heavy atom. The quantitative estimate of drug-likeness (QED) is 0.487. The van der Waals surface area contributed by atoms with Gasteiger partial charge >= 0.3 is 0 Å². The number of nitrogens with zero attached hydrogens (tertiary/aromatic N) is 3. The van der Waals surface area contributed by atoms with Crippen LogP contribution in [0.4, 0.5) is 0 Å². The highest BCUT2D eigenvalue weighted by Crippen LogP contribution is 2.26. The van der Waals surface area contributed by atoms with Crippen molar-refractivity contribution in [2.75, 3.05) is 0 Å². The average Bonchev–Trinajstić information content (AvgIpc) is 2.29. The number of nitrogen functional groups attached to an aromatic ring is 1. The summed E-state index contributed by atoms with van der Waals surface area (Å²) in [5, 5.41) is 8.11. The Morgan fingerprint density at radius 3 is 2.88 bits per heavy atom. The van der Waals surface area contributed by atoms with E-state index >= 15 is 0 Å². The zero-order valence-electron chi connectivity index (χ0n) is 9.21. The lowest BCUT2D eigenvalue weighted by Gasteiger charge is -2.05. The number of pyridine rings is 1. The summed E-state index contributed by atoms with van der Waals surface area (Å²) in [6.07, 6.45) is 4.97. The number of rotatable bonds is 3. The summed E-state index contributed by atoms with van der Waals surface area (Å²) in [4.78, 5) is 13.2. The van der Waals surface area contributed by atoms with E-state index in [0.29, 0.717) is 10.7 Å². The topological polar surface area (TPSA) is 88.5 Å². The van der Waals surface area contributed by atoms with E-state index in [1.807, 2.05) is 13.0 Å². The third-order valence-corrected chi connectivity index (χ3v) is 2.97. The first-order valence-electron chi connectivity index (χ1n) is 4.93. The van der Waals surface area contributed by atoms with Crippen molar-refractivity contribution in [3.05, 3.63) is 42.0 Å². The van der Waals surface area contributed by atoms with E-state index in [0.717, 1.165) is 10.6 Å². The number of hydrogen-bond donors (Lipinski definition) is 2. The molecule has 2 aromatic heterocycles. The van der Waals surface area contributed by atoms with E-state index in [2.05, 4.69) is 15.0 Å². The van der Waals surface area contributed by atoms with Crippen LogP contribution >= 0.6 is 11.8 Å². The molecule has 6 heteroatoms. The maximum atomic E-state index is 7.48. The largest absolute Gasteiger partial charge is 0.384 e. The van der Waals surface area contributed by atoms with Gasteiger partial charge in [-0.1, -0.05) is 0 Å². The smallest absolute Gasteiger partial charge is 0.192 e. The molecule has 0 saturated heterocycles. The van der Waals surface area contributed by atoms with Crippen LogP contribution in [0.5, 0.6) is 0 Å². The van der Waals surface area contributed by atoms with Gasteiger partial charge in [-0.3, -0.25) is 10.4 Å². The number of amidine groups is 1. The molecule has 86 valence electrons. The van der Waals surface area contributed by atoms with E-state index in [-0.39, 0.29) is 5.84 Å². The van der Waals surface area contributed by atoms with Crippen molar-refractivity contribution >= 4 is 17.6 Å². The number of nitrogens with two attached hydrogens (primary N) is 1. The number of aryl methyl sites for hydroxylation is 1. The predicted octanol–water partition coefficient (Wildman–Crippen LogP) is 1.62. The Kier molecular flexibility index (Phi) is 3.34. The summed E-state index contributed by atoms with van der Waals surface area (Å²) < 4.78 is 0. The van der Waals surface area contributed by atoms with Gasteiger partial charge in [-0.2, -0.15) is 0 Å². The van der Waals surface area contributed by atoms with Gasteiger partial charge in [0.15, 0.2) is 5.16 Å². The Balaban J connectivity index is 2.33. The molecule has 0 spiro atoms. The molecule has 2 rings (SSSR count). The van der Waals surface area contributed by atoms with Crippen LogP contribution in [0.2, 0.25) is 0 Å². The lowest BCUT2D eigenvalue weighted by Crippen LogP contribution is -2.12. The SMILES string of the molecule is Cc1ccnc(Sc2cnccc2C(=N)N)n1. The third-order valence-electron chi connectivity index (χ3n) is 2.05. The first-order chi connectivity index (χ1) is 8.16. The maximum Gasteiger partial charge on any atom is 0.192 e. The van der Waals surface area contributed by atoms with E-state index in [1.54, 1.807) is 24.7 Å². The lowest BCUT2D eigenvalue weighted by molar-refractivity contribution is 0.931. The molecule has 0 aliphatic rings. The summed E-state index contributed by atoms with van der Waals surface area (Å²) >= 11 is 1.35. The van der Waals surface area contributed by atoms with Gasteiger partial charge in [0.2, 0.25) is 0 Å². The van der Waals surface area contributed by atoms with Crippen molar-refractivity contribution in [3.63, 3.8) is 0 Å². The number of aromatic nitrogens is 3. The second-order valence-corrected chi connectivity index (χ2v) is 4.38. The van der Waals surface area contributed by atoms with Gasteiger partial charge in [-0.05, 0) is 30.8 Å². The molecule has 0 aliphatic heterocycles. The summed E-state index contributed by atoms with van der Waals surface area (Å²) in [6, 6.07) is 3.54. The molecule has 0 amide bonds. The second-order valence-electron chi connectivity index (χ2n) is 3.37. The van der Waals surface area contributed by atoms with Gasteiger partial charge in [0.1, 0.15) is 5.84 Å². The van der Waals surface area contributed by atoms with Gasteiger partial charge in [0.25, 0.3) is 0 Å². The zero-order chi connectivity index (χ0) is 12.3. The van der Waals surface area contributed by atoms with E-state index in [9.17, 15) is 0 Å². The van der Waals surface area contributed by atoms with Crippen molar-refractivity contribution in [2.45, 2.75) is 17.0 Å². The zero-order valence-corrected chi connectivity index (χ0v) is 10.0. The van der Waals surface area contributed by atoms with Gasteiger partial charge in [-0.15, -0.1) is 0 Å². The molecule has 5 nitrogen and oxygen atoms in total. The fourth-order valence-corrected chi connectivity index (χ4v) is 2.16. The van der Waals surface area contributed by atoms with Crippen LogP contribution in [-0.4, -0.2) is 20.8 Å². The van der Waals surface area contributed by atoms with Crippen LogP contribution in [0.3, 0.4) is 0 Å². The molecular formula is C11H11N5S. The van der Waals surface area contributed by atoms with Gasteiger partial charge < -0.3 is 5.73 Å². The van der Waals surface area contributed by atoms with Crippen LogP contribution in [0.25, 0.3) is 0 Å². The Labute approximate surface area is 103 Å². The molecule has 2 heterocycles. The first kappa shape index (κ1) is 11.5. The summed E-state index contributed by atoms with van der Waals surface area (Å²) in [7, 11) is 0. The van der Waals surface area contributed by atoms with E-state index in [1.165, 1.54) is 11.8 Å². The number of hydrogen-bond acceptors (Lipinski definition) is 5. The summed E-state index contributed by atoms with van der Waals surface area (Å²) in [5.74, 6) is 0.0163. The van der Waals surface area contributed by atoms with Crippen molar-refractivity contribution in [2.24, 2.45) is 5.73 Å². The fourth-order valence-electron chi connectivity index (χ4n) is 1.26. The Morgan fingerprint density at radius 2 is 2.18 bits per heavy atom. The minimum absolute atomic E-state index is 0.0163. The monoisotopic (exact) mass is 245 g/mol. The van der Waals surface area contributed by atoms with Gasteiger partial charge in [-0.25, -0.2) is 9.97 Å². The normalized spacial score (nSPS) is 10.2. The molecule has 0 aliphatic carbocycles. The molecule has 0 radical (unpaired) electrons. The van der Waals surface area contributed by atoms with Crippen LogP contribution in [-0.2, 0) is 0 Å². The van der Waals surface area contributed by atoms with Crippen molar-refractivity contribution in [3.8, 4) is 0 Å². The molecule has 0 saturated carbocycles. The number of nitrogens with one attached hydrogen (secondary N) is 1. The summed E-state index contributed by atoms with van der Waals surface area (Å²) in [6.45, 7) is 1.90. The molecular weight excluding hydrogens is 234 g/mol. The second kappa shape index (κ2) is 4.92. The van der Waals surface area contributed by atoms with Gasteiger partial charge in [0.05, 0.1) is 0 Å². The highest BCUT2D eigenvalue weighted by Gasteiger charge is 2.08. The molecule has 0 aromatic carbocycles. The molecule has 17 heavy (non-hydrogen) atoms. The molecule has 0 atom stereocenters. The minimum atomic E-state index is 0.0163. The van der Waals surface area contributed by atoms with Crippen molar-refractivity contribution in [1.82, 2.24) is 15.0 Å². The highest BCUT2D eigenvalue weighted by atomic mass is 32.2. The van der Waals surface area contributed by atoms with Crippen LogP contribution in [0.15, 0.2) is 40.8 Å². The van der Waals surface area contributed by atoms with E-state index in [4.69, 9.17) is 11.1 Å². The first-order valence-corrected chi connectivity index (χ1v) is 5.74. The Hall–Kier alpha value is -1.95. The maximum absolute atomic E-state index is 7.48. The highest BCUT2D eigenvalue weighted by molar-refractivity contribution is 7.99. The standard InChI is InChI=1S/C11H11N5S/c1-7-2-5-15-11(16-7)17-9-6-14-4-3-8(9)10(12)13/h2-6H,1H3,(H3,12,13). The van der Waals surface area contributed by atoms with Crippen LogP contribution in [0, 0.1) is 12.3 Å². The summed E-state index contributed by atoms with van der Waals surface area (Å²) in [5.41, 5.74) is 7.05. The minimum Gasteiger partial charge on any atom is -0.384 e. The molecule has 0 fully saturated rings. The van der Waals surface area contributed by atoms with Gasteiger partial charge in [0, 0.05) is 34.7 Å². The molecule has 2 aromatic rings. The molecule has 0 bridgehead atoms. The lowest BCUT2D eigenvalue weighted by atomic mass is 10.2. The fraction of sp³-hybridized carbons (Fsp3) is 0.0909. The van der Waals surface area contributed by atoms with Crippen LogP contribution < -0.4 is 5.73 Å². The van der Waals surface area contributed by atoms with Crippen molar-refractivity contribution in [1.29, 1.82) is 5.41 Å². The van der Waals surface area contributed by atoms with Crippen molar-refractivity contribution < 1.29 is 0 Å². The third kappa shape index (κ3) is 2.79. The average molecular weight is 245 g/mol. The van der Waals surface area contributed by atoms with E-state index < -0.39 is 0 Å². The Bertz CT molecular complexity index is 555. The molecule has 3 N–H and O–H groups in total. The van der Waals surface area contributed by atoms with Crippen LogP contribution in [0.1, 0.15) is 11.3 Å².